The summed E-state index contributed by atoms with van der Waals surface area (Å²) in [5, 5.41) is 0. The molecule has 0 saturated carbocycles. The Morgan fingerprint density at radius 2 is 1.48 bits per heavy atom. The molecule has 6 nitrogen and oxygen atoms in total. The molecule has 0 heterocycles. The fraction of sp³-hybridized carbons (Fsp3) is 0.143. The summed E-state index contributed by atoms with van der Waals surface area (Å²) in [6.07, 6.45) is 0.952. The quantitative estimate of drug-likeness (QED) is 0.858. The first kappa shape index (κ1) is 17.2. The fourth-order valence-corrected chi connectivity index (χ4v) is 3.47. The van der Waals surface area contributed by atoms with Crippen molar-refractivity contribution in [2.45, 2.75) is 11.8 Å². The second-order valence-corrected chi connectivity index (χ2v) is 8.37. The second-order valence-electron chi connectivity index (χ2n) is 4.94. The summed E-state index contributed by atoms with van der Waals surface area (Å²) in [6, 6.07) is 9.43. The Hall–Kier alpha value is -2.13. The highest BCUT2D eigenvalue weighted by Crippen LogP contribution is 2.25. The molecule has 23 heavy (non-hydrogen) atoms. The maximum Gasteiger partial charge on any atom is 0.262 e. The van der Waals surface area contributed by atoms with Crippen LogP contribution in [0.25, 0.3) is 0 Å². The number of rotatable bonds is 5. The molecule has 0 radical (unpaired) electrons. The predicted molar refractivity (Wildman–Crippen MR) is 86.9 cm³/mol. The molecule has 0 saturated heterocycles. The molecule has 0 aromatic heterocycles. The molecule has 0 amide bonds. The topological polar surface area (TPSA) is 92.3 Å². The van der Waals surface area contributed by atoms with E-state index in [0.717, 1.165) is 12.3 Å². The number of para-hydroxylation sites is 2. The zero-order chi connectivity index (χ0) is 17.3. The van der Waals surface area contributed by atoms with E-state index in [4.69, 9.17) is 0 Å². The smallest absolute Gasteiger partial charge is 0.262 e. The van der Waals surface area contributed by atoms with Gasteiger partial charge in [0.2, 0.25) is 10.0 Å². The van der Waals surface area contributed by atoms with Crippen molar-refractivity contribution in [2.75, 3.05) is 15.7 Å². The minimum Gasteiger partial charge on any atom is -0.282 e. The van der Waals surface area contributed by atoms with Gasteiger partial charge in [0.05, 0.1) is 22.5 Å². The summed E-state index contributed by atoms with van der Waals surface area (Å²) in [6.45, 7) is 1.52. The number of aryl methyl sites for hydroxylation is 1. The van der Waals surface area contributed by atoms with Crippen molar-refractivity contribution >= 4 is 31.4 Å². The van der Waals surface area contributed by atoms with Gasteiger partial charge in [-0.1, -0.05) is 18.2 Å². The maximum absolute atomic E-state index is 13.6. The van der Waals surface area contributed by atoms with Crippen LogP contribution in [-0.2, 0) is 20.0 Å². The number of benzene rings is 2. The van der Waals surface area contributed by atoms with Crippen LogP contribution >= 0.6 is 0 Å². The summed E-state index contributed by atoms with van der Waals surface area (Å²) >= 11 is 0. The van der Waals surface area contributed by atoms with E-state index in [1.807, 2.05) is 0 Å². The molecule has 0 aliphatic heterocycles. The Balaban J connectivity index is 2.40. The fourth-order valence-electron chi connectivity index (χ4n) is 1.81. The Kier molecular flexibility index (Phi) is 4.62. The largest absolute Gasteiger partial charge is 0.282 e. The molecule has 0 fully saturated rings. The predicted octanol–water partition coefficient (Wildman–Crippen LogP) is 2.31. The lowest BCUT2D eigenvalue weighted by molar-refractivity contribution is 0.593. The molecule has 0 unspecified atom stereocenters. The molecule has 0 atom stereocenters. The van der Waals surface area contributed by atoms with Crippen molar-refractivity contribution in [3.8, 4) is 0 Å². The van der Waals surface area contributed by atoms with Crippen molar-refractivity contribution < 1.29 is 21.2 Å². The summed E-state index contributed by atoms with van der Waals surface area (Å²) < 4.78 is 65.4. The number of hydrogen-bond acceptors (Lipinski definition) is 4. The first-order valence-corrected chi connectivity index (χ1v) is 9.82. The van der Waals surface area contributed by atoms with E-state index in [1.54, 1.807) is 12.1 Å². The van der Waals surface area contributed by atoms with E-state index >= 15 is 0 Å². The molecule has 0 bridgehead atoms. The first-order chi connectivity index (χ1) is 10.6. The van der Waals surface area contributed by atoms with Gasteiger partial charge in [-0.2, -0.15) is 0 Å². The molecule has 9 heteroatoms. The van der Waals surface area contributed by atoms with Crippen molar-refractivity contribution in [3.63, 3.8) is 0 Å². The van der Waals surface area contributed by atoms with Gasteiger partial charge in [0.1, 0.15) is 5.82 Å². The highest BCUT2D eigenvalue weighted by molar-refractivity contribution is 7.93. The molecular formula is C14H15FN2O4S2. The third-order valence-electron chi connectivity index (χ3n) is 2.92. The molecular weight excluding hydrogens is 343 g/mol. The standard InChI is InChI=1S/C14H15FN2O4S2/c1-10-7-8-11(9-12(10)15)23(20,21)17-14-6-4-3-5-13(14)16-22(2,18)19/h3-9,16-17H,1-2H3. The van der Waals surface area contributed by atoms with Gasteiger partial charge in [-0.25, -0.2) is 21.2 Å². The van der Waals surface area contributed by atoms with Gasteiger partial charge >= 0.3 is 0 Å². The van der Waals surface area contributed by atoms with Gasteiger partial charge < -0.3 is 0 Å². The normalized spacial score (nSPS) is 12.0. The summed E-state index contributed by atoms with van der Waals surface area (Å²) in [4.78, 5) is -0.255. The van der Waals surface area contributed by atoms with Crippen LogP contribution in [0.2, 0.25) is 0 Å². The summed E-state index contributed by atoms with van der Waals surface area (Å²) in [5.41, 5.74) is 0.438. The van der Waals surface area contributed by atoms with Crippen LogP contribution in [0, 0.1) is 12.7 Å². The van der Waals surface area contributed by atoms with Crippen molar-refractivity contribution in [1.82, 2.24) is 0 Å². The van der Waals surface area contributed by atoms with Crippen LogP contribution < -0.4 is 9.44 Å². The van der Waals surface area contributed by atoms with E-state index in [0.29, 0.717) is 5.56 Å². The molecule has 0 aliphatic carbocycles. The van der Waals surface area contributed by atoms with Gasteiger partial charge in [-0.3, -0.25) is 9.44 Å². The van der Waals surface area contributed by atoms with E-state index < -0.39 is 25.9 Å². The highest BCUT2D eigenvalue weighted by Gasteiger charge is 2.18. The lowest BCUT2D eigenvalue weighted by atomic mass is 10.2. The van der Waals surface area contributed by atoms with Gasteiger partial charge in [0.25, 0.3) is 10.0 Å². The van der Waals surface area contributed by atoms with Crippen LogP contribution in [0.1, 0.15) is 5.56 Å². The van der Waals surface area contributed by atoms with Crippen molar-refractivity contribution in [3.05, 3.63) is 53.8 Å². The number of hydrogen-bond donors (Lipinski definition) is 2. The molecule has 124 valence electrons. The SMILES string of the molecule is Cc1ccc(S(=O)(=O)Nc2ccccc2NS(C)(=O)=O)cc1F. The monoisotopic (exact) mass is 358 g/mol. The lowest BCUT2D eigenvalue weighted by Crippen LogP contribution is -2.16. The van der Waals surface area contributed by atoms with Crippen LogP contribution in [0.5, 0.6) is 0 Å². The Morgan fingerprint density at radius 1 is 0.913 bits per heavy atom. The summed E-state index contributed by atoms with van der Waals surface area (Å²) in [5.74, 6) is -0.643. The van der Waals surface area contributed by atoms with Crippen LogP contribution in [0.15, 0.2) is 47.4 Å². The zero-order valence-electron chi connectivity index (χ0n) is 12.4. The highest BCUT2D eigenvalue weighted by atomic mass is 32.2. The number of nitrogens with one attached hydrogen (secondary N) is 2. The Bertz CT molecular complexity index is 941. The molecule has 2 aromatic rings. The van der Waals surface area contributed by atoms with Crippen molar-refractivity contribution in [2.24, 2.45) is 0 Å². The Morgan fingerprint density at radius 3 is 2.00 bits per heavy atom. The minimum absolute atomic E-state index is 0.0407. The number of anilines is 2. The van der Waals surface area contributed by atoms with Gasteiger partial charge in [0.15, 0.2) is 0 Å². The zero-order valence-corrected chi connectivity index (χ0v) is 14.0. The van der Waals surface area contributed by atoms with Crippen molar-refractivity contribution in [1.29, 1.82) is 0 Å². The average molecular weight is 358 g/mol. The number of halogens is 1. The lowest BCUT2D eigenvalue weighted by Gasteiger charge is -2.13. The number of sulfonamides is 2. The van der Waals surface area contributed by atoms with E-state index in [-0.39, 0.29) is 16.3 Å². The van der Waals surface area contributed by atoms with E-state index in [1.165, 1.54) is 31.2 Å². The molecule has 2 rings (SSSR count). The Labute approximate surface area is 134 Å². The third kappa shape index (κ3) is 4.42. The maximum atomic E-state index is 13.6. The van der Waals surface area contributed by atoms with Gasteiger partial charge in [-0.15, -0.1) is 0 Å². The van der Waals surface area contributed by atoms with Gasteiger partial charge in [-0.05, 0) is 36.8 Å². The van der Waals surface area contributed by atoms with Crippen LogP contribution in [-0.4, -0.2) is 23.1 Å². The third-order valence-corrected chi connectivity index (χ3v) is 4.87. The molecule has 2 N–H and O–H groups in total. The average Bonchev–Trinajstić information content (AvgIpc) is 2.42. The minimum atomic E-state index is -4.06. The molecule has 0 spiro atoms. The van der Waals surface area contributed by atoms with Crippen LogP contribution in [0.4, 0.5) is 15.8 Å². The molecule has 2 aromatic carbocycles. The second kappa shape index (κ2) is 6.17. The molecule has 0 aliphatic rings. The van der Waals surface area contributed by atoms with Crippen LogP contribution in [0.3, 0.4) is 0 Å². The van der Waals surface area contributed by atoms with E-state index in [9.17, 15) is 21.2 Å². The summed E-state index contributed by atoms with van der Waals surface area (Å²) in [7, 11) is -7.63. The van der Waals surface area contributed by atoms with Gasteiger partial charge in [0, 0.05) is 0 Å². The van der Waals surface area contributed by atoms with E-state index in [2.05, 4.69) is 9.44 Å². The first-order valence-electron chi connectivity index (χ1n) is 6.44.